The monoisotopic (exact) mass is 666 g/mol. The average Bonchev–Trinajstić information content (AvgIpc) is 3.47. The summed E-state index contributed by atoms with van der Waals surface area (Å²) >= 11 is 1.35. The van der Waals surface area contributed by atoms with E-state index >= 15 is 0 Å². The van der Waals surface area contributed by atoms with Gasteiger partial charge in [-0.3, -0.25) is 14.9 Å². The van der Waals surface area contributed by atoms with Crippen molar-refractivity contribution < 1.29 is 30.9 Å². The van der Waals surface area contributed by atoms with E-state index in [-0.39, 0.29) is 5.88 Å². The van der Waals surface area contributed by atoms with Gasteiger partial charge in [0.05, 0.1) is 5.69 Å². The van der Waals surface area contributed by atoms with E-state index in [9.17, 15) is 26.4 Å². The molecule has 2 aliphatic heterocycles. The number of amides is 2. The predicted molar refractivity (Wildman–Crippen MR) is 169 cm³/mol. The van der Waals surface area contributed by atoms with Gasteiger partial charge < -0.3 is 9.84 Å². The van der Waals surface area contributed by atoms with Crippen molar-refractivity contribution in [2.75, 3.05) is 36.8 Å². The van der Waals surface area contributed by atoms with Crippen molar-refractivity contribution in [2.24, 2.45) is 0 Å². The second-order valence-electron chi connectivity index (χ2n) is 11.5. The summed E-state index contributed by atoms with van der Waals surface area (Å²) in [7, 11) is -7.33. The molecule has 2 N–H and O–H groups in total. The van der Waals surface area contributed by atoms with E-state index in [0.717, 1.165) is 29.0 Å². The van der Waals surface area contributed by atoms with Crippen LogP contribution >= 0.6 is 11.3 Å². The summed E-state index contributed by atoms with van der Waals surface area (Å²) in [5.74, 6) is -1.07. The van der Waals surface area contributed by atoms with Gasteiger partial charge in [0.15, 0.2) is 14.6 Å². The predicted octanol–water partition coefficient (Wildman–Crippen LogP) is 3.61. The van der Waals surface area contributed by atoms with Gasteiger partial charge in [0.2, 0.25) is 37.7 Å². The van der Waals surface area contributed by atoms with Crippen LogP contribution in [-0.4, -0.2) is 83.1 Å². The van der Waals surface area contributed by atoms with Gasteiger partial charge in [0, 0.05) is 42.7 Å². The number of aryl methyl sites for hydroxylation is 2. The lowest BCUT2D eigenvalue weighted by Crippen LogP contribution is -2.55. The summed E-state index contributed by atoms with van der Waals surface area (Å²) in [4.78, 5) is 30.0. The average molecular weight is 667 g/mol. The fourth-order valence-corrected chi connectivity index (χ4v) is 8.20. The number of hydrogen-bond donors (Lipinski definition) is 2. The highest BCUT2D eigenvalue weighted by atomic mass is 32.2. The first-order valence-electron chi connectivity index (χ1n) is 14.1. The highest BCUT2D eigenvalue weighted by Gasteiger charge is 2.48. The minimum absolute atomic E-state index is 0.116. The number of aromatic nitrogens is 2. The number of carbonyl (C=O) groups is 2. The van der Waals surface area contributed by atoms with E-state index in [2.05, 4.69) is 20.8 Å². The zero-order chi connectivity index (χ0) is 32.5. The van der Waals surface area contributed by atoms with Crippen LogP contribution in [-0.2, 0) is 29.6 Å². The lowest BCUT2D eigenvalue weighted by molar-refractivity contribution is -0.118. The number of hydrogen-bond acceptors (Lipinski definition) is 10. The molecule has 13 nitrogen and oxygen atoms in total. The number of sulfonamides is 2. The van der Waals surface area contributed by atoms with Crippen LogP contribution in [0.1, 0.15) is 51.1 Å². The van der Waals surface area contributed by atoms with Gasteiger partial charge >= 0.3 is 0 Å². The molecule has 3 aromatic rings. The van der Waals surface area contributed by atoms with Crippen LogP contribution in [0.4, 0.5) is 11.0 Å². The molecule has 2 aliphatic rings. The van der Waals surface area contributed by atoms with Crippen molar-refractivity contribution in [3.63, 3.8) is 0 Å². The van der Waals surface area contributed by atoms with E-state index in [0.29, 0.717) is 37.0 Å². The third-order valence-corrected chi connectivity index (χ3v) is 13.8. The minimum Gasteiger partial charge on any atom is -0.338 e. The van der Waals surface area contributed by atoms with E-state index in [4.69, 9.17) is 4.52 Å². The zero-order valence-corrected chi connectivity index (χ0v) is 28.0. The van der Waals surface area contributed by atoms with Crippen molar-refractivity contribution in [2.45, 2.75) is 63.9 Å². The normalized spacial score (nSPS) is 16.2. The Kier molecular flexibility index (Phi) is 9.71. The molecule has 0 bridgehead atoms. The largest absolute Gasteiger partial charge is 0.338 e. The lowest BCUT2D eigenvalue weighted by atomic mass is 10.1. The van der Waals surface area contributed by atoms with Crippen LogP contribution in [0, 0.1) is 13.8 Å². The highest BCUT2D eigenvalue weighted by molar-refractivity contribution is 7.91. The standard InChI is InChI=1S/C16H19N3O4S.C12H19N3O3S2/c1-16(2,24(21,22)19-9-6-10-19)15(20)17-14-11-13(18-23-14)12-7-4-3-5-8-12;1-8-9(2)19-11(13-8)14-10(16)12(3,4)20(17,18)15-6-5-7-15/h3-5,7-8,11H,6,9-10H2,1-2H3,(H,17,20);5-7H2,1-4H3,(H,13,14,16). The van der Waals surface area contributed by atoms with Crippen LogP contribution < -0.4 is 10.6 Å². The maximum absolute atomic E-state index is 12.5. The molecular formula is C28H38N6O7S3. The number of rotatable bonds is 9. The van der Waals surface area contributed by atoms with Gasteiger partial charge in [-0.2, -0.15) is 0 Å². The van der Waals surface area contributed by atoms with Crippen LogP contribution in [0.2, 0.25) is 0 Å². The number of nitrogens with one attached hydrogen (secondary N) is 2. The maximum atomic E-state index is 12.5. The van der Waals surface area contributed by atoms with E-state index in [1.165, 1.54) is 47.6 Å². The Labute approximate surface area is 262 Å². The van der Waals surface area contributed by atoms with Crippen LogP contribution in [0.5, 0.6) is 0 Å². The molecule has 0 unspecified atom stereocenters. The Morgan fingerprint density at radius 3 is 1.77 bits per heavy atom. The smallest absolute Gasteiger partial charge is 0.249 e. The first-order valence-corrected chi connectivity index (χ1v) is 17.8. The van der Waals surface area contributed by atoms with Crippen LogP contribution in [0.3, 0.4) is 0 Å². The number of benzene rings is 1. The minimum atomic E-state index is -3.71. The summed E-state index contributed by atoms with van der Waals surface area (Å²) in [6.45, 7) is 11.3. The molecule has 2 amide bonds. The summed E-state index contributed by atoms with van der Waals surface area (Å²) in [5, 5.41) is 9.46. The van der Waals surface area contributed by atoms with E-state index in [1.54, 1.807) is 6.07 Å². The molecule has 4 heterocycles. The Balaban J connectivity index is 0.000000204. The SMILES string of the molecule is CC(C)(C(=O)Nc1cc(-c2ccccc2)no1)S(=O)(=O)N1CCC1.Cc1nc(NC(=O)C(C)(C)S(=O)(=O)N2CCC2)sc1C. The third kappa shape index (κ3) is 6.59. The maximum Gasteiger partial charge on any atom is 0.249 e. The Morgan fingerprint density at radius 1 is 0.841 bits per heavy atom. The van der Waals surface area contributed by atoms with Gasteiger partial charge in [0.1, 0.15) is 5.69 Å². The van der Waals surface area contributed by atoms with Gasteiger partial charge in [-0.15, -0.1) is 11.3 Å². The van der Waals surface area contributed by atoms with Crippen LogP contribution in [0.25, 0.3) is 11.3 Å². The van der Waals surface area contributed by atoms with Crippen molar-refractivity contribution in [1.29, 1.82) is 0 Å². The highest BCUT2D eigenvalue weighted by Crippen LogP contribution is 2.30. The molecule has 2 saturated heterocycles. The Hall–Kier alpha value is -3.18. The number of anilines is 2. The van der Waals surface area contributed by atoms with E-state index < -0.39 is 41.4 Å². The number of thiazole rings is 1. The summed E-state index contributed by atoms with van der Waals surface area (Å²) in [5.41, 5.74) is 2.25. The molecule has 0 atom stereocenters. The molecule has 0 saturated carbocycles. The van der Waals surface area contributed by atoms with Crippen molar-refractivity contribution in [3.8, 4) is 11.3 Å². The molecule has 5 rings (SSSR count). The summed E-state index contributed by atoms with van der Waals surface area (Å²) in [6, 6.07) is 10.9. The first-order chi connectivity index (χ1) is 20.5. The molecule has 16 heteroatoms. The molecule has 0 radical (unpaired) electrons. The fourth-order valence-electron chi connectivity index (χ4n) is 4.05. The quantitative estimate of drug-likeness (QED) is 0.346. The fraction of sp³-hybridized carbons (Fsp3) is 0.500. The van der Waals surface area contributed by atoms with Crippen LogP contribution in [0.15, 0.2) is 40.9 Å². The second-order valence-corrected chi connectivity index (χ2v) is 17.7. The van der Waals surface area contributed by atoms with Gasteiger partial charge in [-0.1, -0.05) is 35.5 Å². The molecule has 0 spiro atoms. The molecule has 44 heavy (non-hydrogen) atoms. The second kappa shape index (κ2) is 12.7. The lowest BCUT2D eigenvalue weighted by Gasteiger charge is -2.36. The summed E-state index contributed by atoms with van der Waals surface area (Å²) in [6.07, 6.45) is 1.67. The van der Waals surface area contributed by atoms with Crippen molar-refractivity contribution in [1.82, 2.24) is 18.8 Å². The molecule has 2 fully saturated rings. The van der Waals surface area contributed by atoms with E-state index in [1.807, 2.05) is 44.2 Å². The van der Waals surface area contributed by atoms with Crippen molar-refractivity contribution in [3.05, 3.63) is 47.0 Å². The molecule has 1 aromatic carbocycles. The third-order valence-electron chi connectivity index (χ3n) is 7.76. The zero-order valence-electron chi connectivity index (χ0n) is 25.6. The van der Waals surface area contributed by atoms with Gasteiger partial charge in [-0.25, -0.2) is 30.4 Å². The van der Waals surface area contributed by atoms with Gasteiger partial charge in [-0.05, 0) is 54.4 Å². The topological polar surface area (TPSA) is 172 Å². The molecule has 2 aromatic heterocycles. The number of nitrogens with zero attached hydrogens (tertiary/aromatic N) is 4. The Morgan fingerprint density at radius 2 is 1.34 bits per heavy atom. The molecule has 240 valence electrons. The van der Waals surface area contributed by atoms with Crippen molar-refractivity contribution >= 4 is 54.2 Å². The van der Waals surface area contributed by atoms with Gasteiger partial charge in [0.25, 0.3) is 0 Å². The molecular weight excluding hydrogens is 629 g/mol. The first kappa shape index (κ1) is 33.7. The molecule has 0 aliphatic carbocycles. The number of carbonyl (C=O) groups excluding carboxylic acids is 2. The Bertz CT molecular complexity index is 1700. The summed E-state index contributed by atoms with van der Waals surface area (Å²) < 4.78 is 54.5.